The van der Waals surface area contributed by atoms with Gasteiger partial charge in [-0.25, -0.2) is 12.8 Å². The van der Waals surface area contributed by atoms with Crippen LogP contribution in [0.4, 0.5) is 4.39 Å². The molecule has 62 valence electrons. The summed E-state index contributed by atoms with van der Waals surface area (Å²) < 4.78 is 33.0. The van der Waals surface area contributed by atoms with E-state index in [4.69, 9.17) is 0 Å². The third-order valence-electron chi connectivity index (χ3n) is 1.20. The Morgan fingerprint density at radius 3 is 2.30 bits per heavy atom. The lowest BCUT2D eigenvalue weighted by molar-refractivity contribution is 0.516. The lowest BCUT2D eigenvalue weighted by Crippen LogP contribution is -2.11. The van der Waals surface area contributed by atoms with Gasteiger partial charge in [0.15, 0.2) is 9.84 Å². The van der Waals surface area contributed by atoms with Gasteiger partial charge in [0.05, 0.1) is 11.5 Å². The third kappa shape index (κ3) is 4.73. The summed E-state index contributed by atoms with van der Waals surface area (Å²) in [5, 5.41) is 0. The van der Waals surface area contributed by atoms with Crippen LogP contribution < -0.4 is 0 Å². The van der Waals surface area contributed by atoms with Gasteiger partial charge in [0.2, 0.25) is 0 Å². The minimum absolute atomic E-state index is 0.132. The van der Waals surface area contributed by atoms with E-state index in [0.717, 1.165) is 6.42 Å². The Bertz CT molecular complexity index is 163. The Hall–Kier alpha value is -0.120. The molecule has 0 aliphatic heterocycles. The minimum Gasteiger partial charge on any atom is -0.250 e. The van der Waals surface area contributed by atoms with E-state index in [1.54, 1.807) is 0 Å². The molecule has 0 aliphatic rings. The van der Waals surface area contributed by atoms with Crippen LogP contribution in [0.2, 0.25) is 0 Å². The van der Waals surface area contributed by atoms with Gasteiger partial charge in [-0.1, -0.05) is 13.3 Å². The van der Waals surface area contributed by atoms with Crippen molar-refractivity contribution in [1.82, 2.24) is 0 Å². The monoisotopic (exact) mass is 168 g/mol. The van der Waals surface area contributed by atoms with Gasteiger partial charge in [0, 0.05) is 0 Å². The molecule has 10 heavy (non-hydrogen) atoms. The highest BCUT2D eigenvalue weighted by Gasteiger charge is 2.07. The molecule has 0 aromatic carbocycles. The molecular weight excluding hydrogens is 155 g/mol. The highest BCUT2D eigenvalue weighted by Crippen LogP contribution is 1.96. The summed E-state index contributed by atoms with van der Waals surface area (Å²) in [6.07, 6.45) is 1.48. The first-order valence-electron chi connectivity index (χ1n) is 3.39. The number of hydrogen-bond donors (Lipinski definition) is 0. The average molecular weight is 168 g/mol. The van der Waals surface area contributed by atoms with Crippen LogP contribution in [-0.2, 0) is 9.84 Å². The number of sulfone groups is 1. The van der Waals surface area contributed by atoms with Crippen molar-refractivity contribution in [3.63, 3.8) is 0 Å². The molecule has 0 atom stereocenters. The number of alkyl halides is 1. The molecule has 0 aromatic heterocycles. The lowest BCUT2D eigenvalue weighted by atomic mass is 10.4. The molecule has 0 amide bonds. The first-order valence-corrected chi connectivity index (χ1v) is 5.21. The van der Waals surface area contributed by atoms with Crippen LogP contribution in [0.1, 0.15) is 19.8 Å². The summed E-state index contributed by atoms with van der Waals surface area (Å²) in [4.78, 5) is 0. The molecule has 0 N–H and O–H groups in total. The van der Waals surface area contributed by atoms with Crippen LogP contribution in [0.3, 0.4) is 0 Å². The zero-order chi connectivity index (χ0) is 8.04. The van der Waals surface area contributed by atoms with Gasteiger partial charge in [0.1, 0.15) is 6.67 Å². The van der Waals surface area contributed by atoms with E-state index >= 15 is 0 Å². The molecule has 0 saturated carbocycles. The van der Waals surface area contributed by atoms with Crippen molar-refractivity contribution in [3.05, 3.63) is 0 Å². The summed E-state index contributed by atoms with van der Waals surface area (Å²) in [6.45, 7) is 1.15. The van der Waals surface area contributed by atoms with Crippen molar-refractivity contribution in [3.8, 4) is 0 Å². The van der Waals surface area contributed by atoms with Gasteiger partial charge in [-0.05, 0) is 6.42 Å². The number of unbranched alkanes of at least 4 members (excludes halogenated alkanes) is 1. The Morgan fingerprint density at radius 1 is 1.30 bits per heavy atom. The summed E-state index contributed by atoms with van der Waals surface area (Å²) in [5.41, 5.74) is 0. The van der Waals surface area contributed by atoms with E-state index < -0.39 is 16.5 Å². The van der Waals surface area contributed by atoms with Gasteiger partial charge in [-0.15, -0.1) is 0 Å². The molecule has 4 heteroatoms. The van der Waals surface area contributed by atoms with Crippen LogP contribution >= 0.6 is 0 Å². The molecule has 0 heterocycles. The lowest BCUT2D eigenvalue weighted by Gasteiger charge is -1.97. The fourth-order valence-electron chi connectivity index (χ4n) is 0.584. The van der Waals surface area contributed by atoms with Gasteiger partial charge < -0.3 is 0 Å². The number of halogens is 1. The van der Waals surface area contributed by atoms with E-state index in [1.807, 2.05) is 6.92 Å². The Labute approximate surface area is 61.4 Å². The molecule has 0 fully saturated rings. The van der Waals surface area contributed by atoms with Gasteiger partial charge in [-0.2, -0.15) is 0 Å². The quantitative estimate of drug-likeness (QED) is 0.617. The van der Waals surface area contributed by atoms with E-state index in [-0.39, 0.29) is 11.5 Å². The van der Waals surface area contributed by atoms with Crippen molar-refractivity contribution >= 4 is 9.84 Å². The summed E-state index contributed by atoms with van der Waals surface area (Å²) in [6, 6.07) is 0. The summed E-state index contributed by atoms with van der Waals surface area (Å²) in [5.74, 6) is -0.180. The van der Waals surface area contributed by atoms with Crippen molar-refractivity contribution in [2.45, 2.75) is 19.8 Å². The smallest absolute Gasteiger partial charge is 0.152 e. The molecule has 0 saturated heterocycles. The number of rotatable bonds is 5. The van der Waals surface area contributed by atoms with Gasteiger partial charge >= 0.3 is 0 Å². The standard InChI is InChI=1S/C6H13FO2S/c1-2-3-5-10(8,9)6-4-7/h2-6H2,1H3. The molecule has 0 bridgehead atoms. The average Bonchev–Trinajstić information content (AvgIpc) is 1.84. The Balaban J connectivity index is 3.65. The van der Waals surface area contributed by atoms with E-state index in [1.165, 1.54) is 0 Å². The number of hydrogen-bond acceptors (Lipinski definition) is 2. The third-order valence-corrected chi connectivity index (χ3v) is 2.88. The molecular formula is C6H13FO2S. The summed E-state index contributed by atoms with van der Waals surface area (Å²) >= 11 is 0. The van der Waals surface area contributed by atoms with Crippen LogP contribution in [-0.4, -0.2) is 26.6 Å². The maximum Gasteiger partial charge on any atom is 0.152 e. The van der Waals surface area contributed by atoms with E-state index in [9.17, 15) is 12.8 Å². The molecule has 0 aromatic rings. The van der Waals surface area contributed by atoms with Crippen molar-refractivity contribution in [1.29, 1.82) is 0 Å². The topological polar surface area (TPSA) is 34.1 Å². The normalized spacial score (nSPS) is 11.8. The fraction of sp³-hybridized carbons (Fsp3) is 1.00. The van der Waals surface area contributed by atoms with E-state index in [0.29, 0.717) is 6.42 Å². The van der Waals surface area contributed by atoms with Crippen LogP contribution in [0.25, 0.3) is 0 Å². The van der Waals surface area contributed by atoms with Crippen LogP contribution in [0.15, 0.2) is 0 Å². The molecule has 0 spiro atoms. The maximum atomic E-state index is 11.5. The second kappa shape index (κ2) is 4.66. The molecule has 0 rings (SSSR count). The first-order chi connectivity index (χ1) is 4.62. The fourth-order valence-corrected chi connectivity index (χ4v) is 1.75. The zero-order valence-electron chi connectivity index (χ0n) is 6.14. The van der Waals surface area contributed by atoms with Gasteiger partial charge in [0.25, 0.3) is 0 Å². The zero-order valence-corrected chi connectivity index (χ0v) is 6.95. The van der Waals surface area contributed by atoms with Gasteiger partial charge in [-0.3, -0.25) is 0 Å². The summed E-state index contributed by atoms with van der Waals surface area (Å²) in [7, 11) is -3.07. The second-order valence-electron chi connectivity index (χ2n) is 2.19. The van der Waals surface area contributed by atoms with Crippen molar-refractivity contribution in [2.75, 3.05) is 18.2 Å². The first kappa shape index (κ1) is 9.88. The SMILES string of the molecule is CCCCS(=O)(=O)CCF. The van der Waals surface area contributed by atoms with Crippen LogP contribution in [0, 0.1) is 0 Å². The molecule has 0 aliphatic carbocycles. The Kier molecular flexibility index (Phi) is 4.60. The van der Waals surface area contributed by atoms with E-state index in [2.05, 4.69) is 0 Å². The molecule has 0 unspecified atom stereocenters. The van der Waals surface area contributed by atoms with Crippen molar-refractivity contribution in [2.24, 2.45) is 0 Å². The molecule has 0 radical (unpaired) electrons. The van der Waals surface area contributed by atoms with Crippen molar-refractivity contribution < 1.29 is 12.8 Å². The Morgan fingerprint density at radius 2 is 1.90 bits per heavy atom. The van der Waals surface area contributed by atoms with Crippen LogP contribution in [0.5, 0.6) is 0 Å². The largest absolute Gasteiger partial charge is 0.250 e. The predicted molar refractivity (Wildman–Crippen MR) is 39.5 cm³/mol. The maximum absolute atomic E-state index is 11.5. The highest BCUT2D eigenvalue weighted by atomic mass is 32.2. The second-order valence-corrected chi connectivity index (χ2v) is 4.50. The predicted octanol–water partition coefficient (Wildman–Crippen LogP) is 1.17. The minimum atomic E-state index is -3.07. The highest BCUT2D eigenvalue weighted by molar-refractivity contribution is 7.91. The molecule has 2 nitrogen and oxygen atoms in total.